The standard InChI is InChI=1S/C15H19N5/c1-19-7-9-20(10-8-19)14-11-13(17-15(16)18-14)12-5-3-2-4-6-12/h2-6,11H,7-10H2,1H3,(H2,16,17,18). The SMILES string of the molecule is CN1CCN(c2cc(-c3ccccc3)nc(N)n2)CC1. The molecule has 5 nitrogen and oxygen atoms in total. The Morgan fingerprint density at radius 2 is 1.70 bits per heavy atom. The molecule has 0 saturated carbocycles. The highest BCUT2D eigenvalue weighted by molar-refractivity contribution is 5.64. The molecule has 1 aliphatic heterocycles. The summed E-state index contributed by atoms with van der Waals surface area (Å²) in [5.74, 6) is 1.25. The minimum Gasteiger partial charge on any atom is -0.368 e. The zero-order chi connectivity index (χ0) is 13.9. The third kappa shape index (κ3) is 2.72. The fraction of sp³-hybridized carbons (Fsp3) is 0.333. The number of likely N-dealkylation sites (N-methyl/N-ethyl adjacent to an activating group) is 1. The number of aromatic nitrogens is 2. The maximum Gasteiger partial charge on any atom is 0.222 e. The molecular weight excluding hydrogens is 250 g/mol. The quantitative estimate of drug-likeness (QED) is 0.895. The number of benzene rings is 1. The van der Waals surface area contributed by atoms with Crippen LogP contribution in [0.25, 0.3) is 11.3 Å². The molecule has 0 atom stereocenters. The van der Waals surface area contributed by atoms with Crippen LogP contribution in [0.4, 0.5) is 11.8 Å². The van der Waals surface area contributed by atoms with E-state index in [4.69, 9.17) is 5.73 Å². The van der Waals surface area contributed by atoms with E-state index in [0.717, 1.165) is 43.3 Å². The number of hydrogen-bond donors (Lipinski definition) is 1. The van der Waals surface area contributed by atoms with Crippen molar-refractivity contribution in [2.45, 2.75) is 0 Å². The molecule has 2 N–H and O–H groups in total. The van der Waals surface area contributed by atoms with Gasteiger partial charge in [0.25, 0.3) is 0 Å². The van der Waals surface area contributed by atoms with Crippen LogP contribution in [0.2, 0.25) is 0 Å². The first kappa shape index (κ1) is 12.9. The smallest absolute Gasteiger partial charge is 0.222 e. The van der Waals surface area contributed by atoms with Gasteiger partial charge in [-0.1, -0.05) is 30.3 Å². The van der Waals surface area contributed by atoms with Crippen molar-refractivity contribution < 1.29 is 0 Å². The molecule has 0 amide bonds. The largest absolute Gasteiger partial charge is 0.368 e. The van der Waals surface area contributed by atoms with Crippen LogP contribution in [0.5, 0.6) is 0 Å². The van der Waals surface area contributed by atoms with Crippen molar-refractivity contribution in [3.05, 3.63) is 36.4 Å². The molecule has 1 fully saturated rings. The van der Waals surface area contributed by atoms with Crippen LogP contribution in [0.15, 0.2) is 36.4 Å². The average Bonchev–Trinajstić information content (AvgIpc) is 2.48. The molecule has 104 valence electrons. The van der Waals surface area contributed by atoms with Crippen LogP contribution in [-0.2, 0) is 0 Å². The first-order valence-corrected chi connectivity index (χ1v) is 6.86. The van der Waals surface area contributed by atoms with Gasteiger partial charge in [-0.05, 0) is 7.05 Å². The number of nitrogens with zero attached hydrogens (tertiary/aromatic N) is 4. The second-order valence-electron chi connectivity index (χ2n) is 5.13. The molecule has 20 heavy (non-hydrogen) atoms. The van der Waals surface area contributed by atoms with Gasteiger partial charge in [0.05, 0.1) is 5.69 Å². The monoisotopic (exact) mass is 269 g/mol. The average molecular weight is 269 g/mol. The van der Waals surface area contributed by atoms with E-state index in [1.54, 1.807) is 0 Å². The van der Waals surface area contributed by atoms with Crippen molar-refractivity contribution in [2.24, 2.45) is 0 Å². The van der Waals surface area contributed by atoms with E-state index in [1.807, 2.05) is 36.4 Å². The molecule has 5 heteroatoms. The normalized spacial score (nSPS) is 16.4. The third-order valence-corrected chi connectivity index (χ3v) is 3.63. The Labute approximate surface area is 119 Å². The molecule has 1 saturated heterocycles. The Kier molecular flexibility index (Phi) is 3.52. The van der Waals surface area contributed by atoms with Crippen molar-refractivity contribution in [1.29, 1.82) is 0 Å². The highest BCUT2D eigenvalue weighted by Crippen LogP contribution is 2.23. The van der Waals surface area contributed by atoms with Crippen LogP contribution in [0.1, 0.15) is 0 Å². The predicted molar refractivity (Wildman–Crippen MR) is 81.6 cm³/mol. The number of hydrogen-bond acceptors (Lipinski definition) is 5. The maximum atomic E-state index is 5.87. The topological polar surface area (TPSA) is 58.3 Å². The van der Waals surface area contributed by atoms with Gasteiger partial charge in [-0.25, -0.2) is 4.98 Å². The first-order valence-electron chi connectivity index (χ1n) is 6.86. The number of nitrogens with two attached hydrogens (primary N) is 1. The molecule has 0 radical (unpaired) electrons. The zero-order valence-corrected chi connectivity index (χ0v) is 11.7. The van der Waals surface area contributed by atoms with Crippen molar-refractivity contribution in [3.8, 4) is 11.3 Å². The lowest BCUT2D eigenvalue weighted by molar-refractivity contribution is 0.312. The lowest BCUT2D eigenvalue weighted by Gasteiger charge is -2.33. The van der Waals surface area contributed by atoms with Crippen LogP contribution in [0, 0.1) is 0 Å². The molecule has 3 rings (SSSR count). The van der Waals surface area contributed by atoms with Gasteiger partial charge >= 0.3 is 0 Å². The predicted octanol–water partition coefficient (Wildman–Crippen LogP) is 1.48. The van der Waals surface area contributed by atoms with E-state index < -0.39 is 0 Å². The molecule has 0 spiro atoms. The van der Waals surface area contributed by atoms with Gasteiger partial charge in [0.1, 0.15) is 5.82 Å². The number of piperazine rings is 1. The van der Waals surface area contributed by atoms with Crippen LogP contribution in [0.3, 0.4) is 0 Å². The first-order chi connectivity index (χ1) is 9.72. The van der Waals surface area contributed by atoms with Crippen molar-refractivity contribution in [3.63, 3.8) is 0 Å². The molecule has 1 aromatic heterocycles. The number of rotatable bonds is 2. The Morgan fingerprint density at radius 3 is 2.40 bits per heavy atom. The second kappa shape index (κ2) is 5.46. The zero-order valence-electron chi connectivity index (χ0n) is 11.7. The van der Waals surface area contributed by atoms with Gasteiger partial charge < -0.3 is 15.5 Å². The molecule has 0 bridgehead atoms. The highest BCUT2D eigenvalue weighted by atomic mass is 15.3. The van der Waals surface area contributed by atoms with Gasteiger partial charge in [-0.3, -0.25) is 0 Å². The molecule has 2 aromatic rings. The molecule has 0 unspecified atom stereocenters. The van der Waals surface area contributed by atoms with Crippen LogP contribution >= 0.6 is 0 Å². The van der Waals surface area contributed by atoms with Gasteiger partial charge in [0.15, 0.2) is 0 Å². The molecule has 1 aromatic carbocycles. The van der Waals surface area contributed by atoms with Gasteiger partial charge in [0, 0.05) is 37.8 Å². The van der Waals surface area contributed by atoms with E-state index >= 15 is 0 Å². The summed E-state index contributed by atoms with van der Waals surface area (Å²) in [7, 11) is 2.14. The van der Waals surface area contributed by atoms with Crippen molar-refractivity contribution in [1.82, 2.24) is 14.9 Å². The van der Waals surface area contributed by atoms with Gasteiger partial charge in [-0.15, -0.1) is 0 Å². The van der Waals surface area contributed by atoms with E-state index in [2.05, 4.69) is 26.8 Å². The van der Waals surface area contributed by atoms with Crippen molar-refractivity contribution in [2.75, 3.05) is 43.9 Å². The van der Waals surface area contributed by atoms with Gasteiger partial charge in [0.2, 0.25) is 5.95 Å². The summed E-state index contributed by atoms with van der Waals surface area (Å²) in [6.07, 6.45) is 0. The summed E-state index contributed by atoms with van der Waals surface area (Å²) >= 11 is 0. The van der Waals surface area contributed by atoms with Gasteiger partial charge in [-0.2, -0.15) is 4.98 Å². The van der Waals surface area contributed by atoms with E-state index in [0.29, 0.717) is 5.95 Å². The Bertz CT molecular complexity index is 576. The number of nitrogen functional groups attached to an aromatic ring is 1. The summed E-state index contributed by atoms with van der Waals surface area (Å²) in [5, 5.41) is 0. The lowest BCUT2D eigenvalue weighted by atomic mass is 10.1. The number of anilines is 2. The summed E-state index contributed by atoms with van der Waals surface area (Å²) in [4.78, 5) is 13.3. The summed E-state index contributed by atoms with van der Waals surface area (Å²) in [6.45, 7) is 4.04. The fourth-order valence-corrected chi connectivity index (χ4v) is 2.41. The van der Waals surface area contributed by atoms with Crippen LogP contribution < -0.4 is 10.6 Å². The van der Waals surface area contributed by atoms with E-state index in [-0.39, 0.29) is 0 Å². The summed E-state index contributed by atoms with van der Waals surface area (Å²) in [5.41, 5.74) is 7.82. The third-order valence-electron chi connectivity index (χ3n) is 3.63. The van der Waals surface area contributed by atoms with E-state index in [9.17, 15) is 0 Å². The summed E-state index contributed by atoms with van der Waals surface area (Å²) in [6, 6.07) is 12.1. The fourth-order valence-electron chi connectivity index (χ4n) is 2.41. The minimum absolute atomic E-state index is 0.334. The summed E-state index contributed by atoms with van der Waals surface area (Å²) < 4.78 is 0. The highest BCUT2D eigenvalue weighted by Gasteiger charge is 2.16. The van der Waals surface area contributed by atoms with Crippen molar-refractivity contribution >= 4 is 11.8 Å². The Morgan fingerprint density at radius 1 is 1.00 bits per heavy atom. The molecule has 1 aliphatic rings. The maximum absolute atomic E-state index is 5.87. The minimum atomic E-state index is 0.334. The Balaban J connectivity index is 1.91. The Hall–Kier alpha value is -2.14. The van der Waals surface area contributed by atoms with Crippen LogP contribution in [-0.4, -0.2) is 48.1 Å². The second-order valence-corrected chi connectivity index (χ2v) is 5.13. The molecule has 0 aliphatic carbocycles. The van der Waals surface area contributed by atoms with E-state index in [1.165, 1.54) is 0 Å². The molecule has 2 heterocycles. The lowest BCUT2D eigenvalue weighted by Crippen LogP contribution is -2.44. The molecular formula is C15H19N5.